The van der Waals surface area contributed by atoms with E-state index in [1.807, 2.05) is 43.5 Å². The van der Waals surface area contributed by atoms with Crippen LogP contribution in [0.15, 0.2) is 53.4 Å². The summed E-state index contributed by atoms with van der Waals surface area (Å²) < 4.78 is 7.06. The van der Waals surface area contributed by atoms with Crippen LogP contribution < -0.4 is 0 Å². The minimum Gasteiger partial charge on any atom is -0.318 e. The van der Waals surface area contributed by atoms with E-state index in [-0.39, 0.29) is 0 Å². The maximum atomic E-state index is 4.93. The first kappa shape index (κ1) is 13.6. The maximum absolute atomic E-state index is 4.93. The molecule has 1 aromatic carbocycles. The van der Waals surface area contributed by atoms with Gasteiger partial charge < -0.3 is 4.57 Å². The van der Waals surface area contributed by atoms with Crippen molar-refractivity contribution < 1.29 is 4.63 Å². The molecule has 23 heavy (non-hydrogen) atoms. The minimum absolute atomic E-state index is 0.666. The fourth-order valence-corrected chi connectivity index (χ4v) is 2.70. The minimum atomic E-state index is 0.666. The molecule has 0 atom stereocenters. The van der Waals surface area contributed by atoms with Gasteiger partial charge in [-0.2, -0.15) is 0 Å². The van der Waals surface area contributed by atoms with Gasteiger partial charge in [-0.3, -0.25) is 4.98 Å². The van der Waals surface area contributed by atoms with Crippen molar-refractivity contribution in [2.24, 2.45) is 0 Å². The van der Waals surface area contributed by atoms with Crippen LogP contribution in [0.25, 0.3) is 22.6 Å². The first-order valence-corrected chi connectivity index (χ1v) is 7.52. The molecule has 0 fully saturated rings. The molecule has 6 nitrogen and oxygen atoms in total. The van der Waals surface area contributed by atoms with Crippen molar-refractivity contribution in [2.45, 2.75) is 19.9 Å². The molecular weight excluding hydrogens is 290 g/mol. The van der Waals surface area contributed by atoms with Gasteiger partial charge in [-0.05, 0) is 35.3 Å². The molecule has 114 valence electrons. The summed E-state index contributed by atoms with van der Waals surface area (Å²) in [6.07, 6.45) is 4.38. The summed E-state index contributed by atoms with van der Waals surface area (Å²) in [6.45, 7) is 2.69. The number of imidazole rings is 1. The van der Waals surface area contributed by atoms with Crippen LogP contribution in [0.2, 0.25) is 0 Å². The van der Waals surface area contributed by atoms with Gasteiger partial charge >= 0.3 is 0 Å². The Kier molecular flexibility index (Phi) is 3.34. The Bertz CT molecular complexity index is 942. The second kappa shape index (κ2) is 5.64. The number of benzene rings is 1. The van der Waals surface area contributed by atoms with E-state index in [9.17, 15) is 0 Å². The van der Waals surface area contributed by atoms with E-state index >= 15 is 0 Å². The molecule has 0 unspecified atom stereocenters. The first-order chi connectivity index (χ1) is 11.4. The largest absolute Gasteiger partial charge is 0.318 e. The quantitative estimate of drug-likeness (QED) is 0.579. The molecular formula is C17H15N5O. The predicted octanol–water partition coefficient (Wildman–Crippen LogP) is 3.09. The monoisotopic (exact) mass is 305 g/mol. The highest BCUT2D eigenvalue weighted by atomic mass is 16.6. The van der Waals surface area contributed by atoms with Crippen LogP contribution in [0.4, 0.5) is 0 Å². The lowest BCUT2D eigenvalue weighted by atomic mass is 10.2. The van der Waals surface area contributed by atoms with Crippen molar-refractivity contribution in [1.82, 2.24) is 24.8 Å². The summed E-state index contributed by atoms with van der Waals surface area (Å²) in [7, 11) is 0. The summed E-state index contributed by atoms with van der Waals surface area (Å²) in [4.78, 5) is 8.93. The number of hydrogen-bond acceptors (Lipinski definition) is 5. The van der Waals surface area contributed by atoms with E-state index in [1.165, 1.54) is 0 Å². The summed E-state index contributed by atoms with van der Waals surface area (Å²) in [5.74, 6) is 0.771. The average molecular weight is 305 g/mol. The number of aromatic nitrogens is 5. The second-order valence-electron chi connectivity index (χ2n) is 5.28. The van der Waals surface area contributed by atoms with Crippen molar-refractivity contribution in [1.29, 1.82) is 0 Å². The highest BCUT2D eigenvalue weighted by Gasteiger charge is 2.19. The Labute approximate surface area is 132 Å². The molecule has 0 aliphatic carbocycles. The third kappa shape index (κ3) is 2.38. The van der Waals surface area contributed by atoms with Gasteiger partial charge in [0.15, 0.2) is 11.5 Å². The normalized spacial score (nSPS) is 11.2. The molecule has 0 radical (unpaired) electrons. The Balaban J connectivity index is 1.91. The Morgan fingerprint density at radius 1 is 1.09 bits per heavy atom. The molecule has 0 saturated heterocycles. The van der Waals surface area contributed by atoms with Crippen molar-refractivity contribution >= 4 is 11.0 Å². The number of rotatable bonds is 4. The van der Waals surface area contributed by atoms with E-state index in [2.05, 4.69) is 25.9 Å². The molecule has 0 aliphatic heterocycles. The van der Waals surface area contributed by atoms with Gasteiger partial charge in [0.2, 0.25) is 0 Å². The zero-order valence-corrected chi connectivity index (χ0v) is 12.7. The standard InChI is InChI=1S/C17H15N5O/c1-2-13-16(21-23-20-13)17-19-14-7-3-4-8-15(14)22(17)11-12-6-5-9-18-10-12/h3-10H,2,11H2,1H3. The molecule has 3 aromatic heterocycles. The molecule has 4 aromatic rings. The van der Waals surface area contributed by atoms with Crippen molar-refractivity contribution in [2.75, 3.05) is 0 Å². The van der Waals surface area contributed by atoms with Gasteiger partial charge in [-0.1, -0.05) is 30.3 Å². The summed E-state index contributed by atoms with van der Waals surface area (Å²) in [5, 5.41) is 8.05. The lowest BCUT2D eigenvalue weighted by molar-refractivity contribution is 0.304. The van der Waals surface area contributed by atoms with E-state index < -0.39 is 0 Å². The lowest BCUT2D eigenvalue weighted by Gasteiger charge is -2.08. The molecule has 0 saturated carbocycles. The summed E-state index contributed by atoms with van der Waals surface area (Å²) in [6, 6.07) is 12.0. The molecule has 0 spiro atoms. The summed E-state index contributed by atoms with van der Waals surface area (Å²) in [5.41, 5.74) is 4.60. The van der Waals surface area contributed by atoms with E-state index in [1.54, 1.807) is 6.20 Å². The number of fused-ring (bicyclic) bond motifs is 1. The number of nitrogens with zero attached hydrogens (tertiary/aromatic N) is 5. The van der Waals surface area contributed by atoms with Crippen molar-refractivity contribution in [3.05, 3.63) is 60.0 Å². The van der Waals surface area contributed by atoms with E-state index in [4.69, 9.17) is 9.61 Å². The second-order valence-corrected chi connectivity index (χ2v) is 5.28. The van der Waals surface area contributed by atoms with Gasteiger partial charge in [0, 0.05) is 12.4 Å². The molecule has 0 aliphatic rings. The zero-order valence-electron chi connectivity index (χ0n) is 12.7. The third-order valence-corrected chi connectivity index (χ3v) is 3.82. The molecule has 0 bridgehead atoms. The third-order valence-electron chi connectivity index (χ3n) is 3.82. The fraction of sp³-hybridized carbons (Fsp3) is 0.176. The first-order valence-electron chi connectivity index (χ1n) is 7.52. The molecule has 6 heteroatoms. The van der Waals surface area contributed by atoms with Gasteiger partial charge in [-0.25, -0.2) is 9.61 Å². The number of para-hydroxylation sites is 2. The average Bonchev–Trinajstić information content (AvgIpc) is 3.20. The predicted molar refractivity (Wildman–Crippen MR) is 85.7 cm³/mol. The van der Waals surface area contributed by atoms with Crippen LogP contribution in [0.3, 0.4) is 0 Å². The Morgan fingerprint density at radius 3 is 2.83 bits per heavy atom. The number of pyridine rings is 1. The highest BCUT2D eigenvalue weighted by Crippen LogP contribution is 2.26. The Morgan fingerprint density at radius 2 is 2.00 bits per heavy atom. The topological polar surface area (TPSA) is 69.6 Å². The smallest absolute Gasteiger partial charge is 0.173 e. The number of aryl methyl sites for hydroxylation is 1. The van der Waals surface area contributed by atoms with Crippen LogP contribution in [0.5, 0.6) is 0 Å². The van der Waals surface area contributed by atoms with Crippen molar-refractivity contribution in [3.8, 4) is 11.5 Å². The highest BCUT2D eigenvalue weighted by molar-refractivity contribution is 5.80. The van der Waals surface area contributed by atoms with Crippen LogP contribution >= 0.6 is 0 Å². The van der Waals surface area contributed by atoms with Crippen LogP contribution in [-0.2, 0) is 13.0 Å². The molecule has 0 amide bonds. The maximum Gasteiger partial charge on any atom is 0.173 e. The SMILES string of the molecule is CCc1nonc1-c1nc2ccccc2n1Cc1cccnc1. The molecule has 4 rings (SSSR count). The molecule has 3 heterocycles. The zero-order chi connectivity index (χ0) is 15.6. The van der Waals surface area contributed by atoms with Gasteiger partial charge in [0.25, 0.3) is 0 Å². The fourth-order valence-electron chi connectivity index (χ4n) is 2.70. The number of hydrogen-bond donors (Lipinski definition) is 0. The molecule has 0 N–H and O–H groups in total. The van der Waals surface area contributed by atoms with E-state index in [0.717, 1.165) is 34.5 Å². The summed E-state index contributed by atoms with van der Waals surface area (Å²) >= 11 is 0. The van der Waals surface area contributed by atoms with Crippen LogP contribution in [0, 0.1) is 0 Å². The van der Waals surface area contributed by atoms with Gasteiger partial charge in [-0.15, -0.1) is 0 Å². The Hall–Kier alpha value is -3.02. The van der Waals surface area contributed by atoms with Gasteiger partial charge in [0.05, 0.1) is 17.6 Å². The van der Waals surface area contributed by atoms with Gasteiger partial charge in [0.1, 0.15) is 5.69 Å². The van der Waals surface area contributed by atoms with Crippen LogP contribution in [-0.4, -0.2) is 24.8 Å². The van der Waals surface area contributed by atoms with E-state index in [0.29, 0.717) is 12.2 Å². The van der Waals surface area contributed by atoms with Crippen LogP contribution in [0.1, 0.15) is 18.2 Å². The van der Waals surface area contributed by atoms with Crippen molar-refractivity contribution in [3.63, 3.8) is 0 Å². The lowest BCUT2D eigenvalue weighted by Crippen LogP contribution is -2.03.